The molecule has 0 spiro atoms. The summed E-state index contributed by atoms with van der Waals surface area (Å²) in [6.45, 7) is 0. The summed E-state index contributed by atoms with van der Waals surface area (Å²) in [5.74, 6) is 0.318. The van der Waals surface area contributed by atoms with Gasteiger partial charge >= 0.3 is 0 Å². The summed E-state index contributed by atoms with van der Waals surface area (Å²) in [5, 5.41) is 0. The van der Waals surface area contributed by atoms with Gasteiger partial charge in [-0.1, -0.05) is 70.6 Å². The van der Waals surface area contributed by atoms with Crippen molar-refractivity contribution in [1.82, 2.24) is 5.48 Å². The molecule has 2 fully saturated rings. The van der Waals surface area contributed by atoms with Crippen LogP contribution in [-0.4, -0.2) is 12.0 Å². The number of nitrogens with one attached hydrogen (secondary N) is 1. The Morgan fingerprint density at radius 2 is 1.10 bits per heavy atom. The molecule has 0 bridgehead atoms. The van der Waals surface area contributed by atoms with E-state index in [1.165, 1.54) is 70.6 Å². The molecule has 21 heavy (non-hydrogen) atoms. The molecule has 0 heterocycles. The van der Waals surface area contributed by atoms with E-state index in [0.717, 1.165) is 25.7 Å². The van der Waals surface area contributed by atoms with Gasteiger partial charge in [0.2, 0.25) is 5.91 Å². The number of hydrogen-bond acceptors (Lipinski definition) is 2. The van der Waals surface area contributed by atoms with E-state index in [2.05, 4.69) is 5.48 Å². The lowest BCUT2D eigenvalue weighted by Gasteiger charge is -2.21. The first-order valence-electron chi connectivity index (χ1n) is 9.32. The lowest BCUT2D eigenvalue weighted by molar-refractivity contribution is -0.144. The van der Waals surface area contributed by atoms with Crippen LogP contribution in [0.2, 0.25) is 0 Å². The molecule has 1 amide bonds. The first-order chi connectivity index (χ1) is 10.4. The molecule has 0 aromatic heterocycles. The smallest absolute Gasteiger partial charge is 0.246 e. The highest BCUT2D eigenvalue weighted by atomic mass is 16.7. The molecule has 0 aromatic rings. The average molecular weight is 295 g/mol. The predicted octanol–water partition coefficient (Wildman–Crippen LogP) is 4.90. The van der Waals surface area contributed by atoms with Crippen LogP contribution in [0.25, 0.3) is 0 Å². The van der Waals surface area contributed by atoms with E-state index in [1.54, 1.807) is 0 Å². The summed E-state index contributed by atoms with van der Waals surface area (Å²) < 4.78 is 0. The van der Waals surface area contributed by atoms with Gasteiger partial charge in [-0.15, -0.1) is 0 Å². The first-order valence-corrected chi connectivity index (χ1v) is 9.32. The zero-order chi connectivity index (χ0) is 14.8. The van der Waals surface area contributed by atoms with Crippen LogP contribution in [0.15, 0.2) is 0 Å². The third kappa shape index (κ3) is 6.82. The molecule has 0 aromatic carbocycles. The normalized spacial score (nSPS) is 24.2. The Kier molecular flexibility index (Phi) is 8.16. The van der Waals surface area contributed by atoms with Crippen molar-refractivity contribution in [3.05, 3.63) is 0 Å². The van der Waals surface area contributed by atoms with Crippen molar-refractivity contribution in [1.29, 1.82) is 0 Å². The molecule has 0 unspecified atom stereocenters. The van der Waals surface area contributed by atoms with E-state index in [0.29, 0.717) is 0 Å². The molecule has 0 saturated heterocycles. The van der Waals surface area contributed by atoms with Gasteiger partial charge in [-0.05, 0) is 25.7 Å². The number of rotatable bonds is 3. The van der Waals surface area contributed by atoms with Gasteiger partial charge in [-0.2, -0.15) is 0 Å². The zero-order valence-electron chi connectivity index (χ0n) is 13.6. The highest BCUT2D eigenvalue weighted by Crippen LogP contribution is 2.23. The van der Waals surface area contributed by atoms with Crippen molar-refractivity contribution < 1.29 is 9.63 Å². The van der Waals surface area contributed by atoms with E-state index in [-0.39, 0.29) is 17.9 Å². The topological polar surface area (TPSA) is 38.3 Å². The predicted molar refractivity (Wildman–Crippen MR) is 85.8 cm³/mol. The maximum absolute atomic E-state index is 12.3. The highest BCUT2D eigenvalue weighted by Gasteiger charge is 2.21. The number of hydrogen-bond donors (Lipinski definition) is 1. The minimum absolute atomic E-state index is 0.136. The minimum atomic E-state index is 0.136. The average Bonchev–Trinajstić information content (AvgIpc) is 2.58. The van der Waals surface area contributed by atoms with Crippen LogP contribution >= 0.6 is 0 Å². The first kappa shape index (κ1) is 16.8. The summed E-state index contributed by atoms with van der Waals surface area (Å²) in [7, 11) is 0. The van der Waals surface area contributed by atoms with Crippen molar-refractivity contribution in [2.24, 2.45) is 5.92 Å². The molecule has 3 heteroatoms. The van der Waals surface area contributed by atoms with Crippen LogP contribution in [-0.2, 0) is 9.63 Å². The van der Waals surface area contributed by atoms with Crippen LogP contribution in [0.1, 0.15) is 96.3 Å². The van der Waals surface area contributed by atoms with E-state index in [9.17, 15) is 4.79 Å². The summed E-state index contributed by atoms with van der Waals surface area (Å²) in [6.07, 6.45) is 18.7. The van der Waals surface area contributed by atoms with Crippen molar-refractivity contribution in [3.8, 4) is 0 Å². The van der Waals surface area contributed by atoms with E-state index >= 15 is 0 Å². The minimum Gasteiger partial charge on any atom is -0.273 e. The van der Waals surface area contributed by atoms with Crippen molar-refractivity contribution in [2.75, 3.05) is 0 Å². The highest BCUT2D eigenvalue weighted by molar-refractivity contribution is 5.77. The monoisotopic (exact) mass is 295 g/mol. The molecular weight excluding hydrogens is 262 g/mol. The van der Waals surface area contributed by atoms with Gasteiger partial charge < -0.3 is 0 Å². The second-order valence-corrected chi connectivity index (χ2v) is 6.95. The van der Waals surface area contributed by atoms with Crippen LogP contribution in [0.5, 0.6) is 0 Å². The van der Waals surface area contributed by atoms with Gasteiger partial charge in [0, 0.05) is 5.92 Å². The molecule has 2 aliphatic rings. The van der Waals surface area contributed by atoms with Gasteiger partial charge in [-0.25, -0.2) is 5.48 Å². The molecule has 0 atom stereocenters. The van der Waals surface area contributed by atoms with Crippen molar-refractivity contribution >= 4 is 5.91 Å². The quantitative estimate of drug-likeness (QED) is 0.752. The summed E-state index contributed by atoms with van der Waals surface area (Å²) in [5.41, 5.74) is 2.80. The Bertz CT molecular complexity index is 275. The Balaban J connectivity index is 1.70. The van der Waals surface area contributed by atoms with Crippen molar-refractivity contribution in [3.63, 3.8) is 0 Å². The summed E-state index contributed by atoms with van der Waals surface area (Å²) >= 11 is 0. The number of carbonyl (C=O) groups excluding carboxylic acids is 1. The number of hydroxylamine groups is 1. The SMILES string of the molecule is O=C(NOC1CCCCCCCC1)C1CCCCCCC1. The van der Waals surface area contributed by atoms with Gasteiger partial charge in [0.15, 0.2) is 0 Å². The molecule has 3 nitrogen and oxygen atoms in total. The van der Waals surface area contributed by atoms with E-state index in [1.807, 2.05) is 0 Å². The van der Waals surface area contributed by atoms with Crippen LogP contribution < -0.4 is 5.48 Å². The molecule has 2 saturated carbocycles. The summed E-state index contributed by atoms with van der Waals surface area (Å²) in [4.78, 5) is 18.1. The summed E-state index contributed by atoms with van der Waals surface area (Å²) in [6, 6.07) is 0. The standard InChI is InChI=1S/C18H33NO2/c20-18(16-12-8-4-3-5-9-13-16)19-21-17-14-10-6-1-2-7-11-15-17/h16-17H,1-15H2,(H,19,20). The van der Waals surface area contributed by atoms with Crippen LogP contribution in [0.3, 0.4) is 0 Å². The van der Waals surface area contributed by atoms with Crippen LogP contribution in [0.4, 0.5) is 0 Å². The molecular formula is C18H33NO2. The third-order valence-corrected chi connectivity index (χ3v) is 5.10. The fourth-order valence-electron chi connectivity index (χ4n) is 3.66. The lowest BCUT2D eigenvalue weighted by atomic mass is 9.91. The molecule has 0 aliphatic heterocycles. The maximum atomic E-state index is 12.3. The second-order valence-electron chi connectivity index (χ2n) is 6.95. The lowest BCUT2D eigenvalue weighted by Crippen LogP contribution is -2.34. The van der Waals surface area contributed by atoms with Gasteiger partial charge in [0.25, 0.3) is 0 Å². The van der Waals surface area contributed by atoms with Crippen molar-refractivity contribution in [2.45, 2.75) is 102 Å². The Morgan fingerprint density at radius 3 is 1.62 bits per heavy atom. The number of amides is 1. The molecule has 2 aliphatic carbocycles. The van der Waals surface area contributed by atoms with Crippen LogP contribution in [0, 0.1) is 5.92 Å². The van der Waals surface area contributed by atoms with Gasteiger partial charge in [-0.3, -0.25) is 9.63 Å². The number of carbonyl (C=O) groups is 1. The third-order valence-electron chi connectivity index (χ3n) is 5.10. The second kappa shape index (κ2) is 10.2. The van der Waals surface area contributed by atoms with Gasteiger partial charge in [0.1, 0.15) is 0 Å². The molecule has 1 N–H and O–H groups in total. The molecule has 0 radical (unpaired) electrons. The Morgan fingerprint density at radius 1 is 0.667 bits per heavy atom. The fraction of sp³-hybridized carbons (Fsp3) is 0.944. The van der Waals surface area contributed by atoms with Gasteiger partial charge in [0.05, 0.1) is 6.10 Å². The molecule has 122 valence electrons. The Hall–Kier alpha value is -0.570. The molecule has 2 rings (SSSR count). The zero-order valence-corrected chi connectivity index (χ0v) is 13.6. The fourth-order valence-corrected chi connectivity index (χ4v) is 3.66. The Labute approximate surface area is 130 Å². The largest absolute Gasteiger partial charge is 0.273 e. The van der Waals surface area contributed by atoms with E-state index in [4.69, 9.17) is 4.84 Å². The maximum Gasteiger partial charge on any atom is 0.246 e. The van der Waals surface area contributed by atoms with E-state index < -0.39 is 0 Å².